The number of carbonyl (C=O) groups is 2. The summed E-state index contributed by atoms with van der Waals surface area (Å²) < 4.78 is 13.6. The maximum absolute atomic E-state index is 11.7. The number of aryl methyl sites for hydroxylation is 1. The van der Waals surface area contributed by atoms with Gasteiger partial charge in [-0.05, 0) is 98.3 Å². The van der Waals surface area contributed by atoms with Crippen molar-refractivity contribution >= 4 is 49.5 Å². The van der Waals surface area contributed by atoms with E-state index < -0.39 is 18.0 Å². The molecular weight excluding hydrogens is 666 g/mol. The second kappa shape index (κ2) is 13.4. The summed E-state index contributed by atoms with van der Waals surface area (Å²) in [7, 11) is 1.63. The van der Waals surface area contributed by atoms with Gasteiger partial charge in [0.1, 0.15) is 11.5 Å². The van der Waals surface area contributed by atoms with Crippen LogP contribution in [0.25, 0.3) is 0 Å². The van der Waals surface area contributed by atoms with Gasteiger partial charge < -0.3 is 25.0 Å². The van der Waals surface area contributed by atoms with E-state index in [1.807, 2.05) is 43.3 Å². The van der Waals surface area contributed by atoms with Crippen molar-refractivity contribution in [3.05, 3.63) is 115 Å². The summed E-state index contributed by atoms with van der Waals surface area (Å²) >= 11 is 7.14. The fraction of sp³-hybridized carbons (Fsp3) is 0.212. The number of ether oxygens (including phenoxy) is 2. The van der Waals surface area contributed by atoms with Crippen LogP contribution in [0.3, 0.4) is 0 Å². The highest BCUT2D eigenvalue weighted by Crippen LogP contribution is 2.45. The van der Waals surface area contributed by atoms with Crippen LogP contribution in [0.2, 0.25) is 0 Å². The molecule has 0 fully saturated rings. The third-order valence-electron chi connectivity index (χ3n) is 6.72. The first-order valence-corrected chi connectivity index (χ1v) is 14.8. The topological polar surface area (TPSA) is 105 Å². The number of hydrogen-bond donors (Lipinski definition) is 3. The Morgan fingerprint density at radius 3 is 2.14 bits per heavy atom. The summed E-state index contributed by atoms with van der Waals surface area (Å²) in [5, 5.41) is 22.4. The molecule has 3 N–H and O–H groups in total. The zero-order valence-corrected chi connectivity index (χ0v) is 26.7. The van der Waals surface area contributed by atoms with Crippen LogP contribution in [0.15, 0.2) is 81.7 Å². The molecule has 1 atom stereocenters. The Morgan fingerprint density at radius 2 is 1.55 bits per heavy atom. The van der Waals surface area contributed by atoms with Crippen molar-refractivity contribution in [3.63, 3.8) is 0 Å². The fourth-order valence-corrected chi connectivity index (χ4v) is 6.17. The number of anilines is 1. The van der Waals surface area contributed by atoms with E-state index >= 15 is 0 Å². The van der Waals surface area contributed by atoms with Crippen LogP contribution in [-0.2, 0) is 11.2 Å². The van der Waals surface area contributed by atoms with E-state index in [4.69, 9.17) is 9.47 Å². The number of nitrogens with one attached hydrogen (secondary N) is 1. The van der Waals surface area contributed by atoms with Gasteiger partial charge in [0.25, 0.3) is 0 Å². The average molecular weight is 697 g/mol. The SMILES string of the molecule is COc1cc(C(Nc2cccc(C(=O)O)c2)c2cccc(C)c2)c(Oc2c(Br)cc(CC(=O)O)cc2Br)cc1C(C)C. The van der Waals surface area contributed by atoms with Crippen LogP contribution in [0.1, 0.15) is 64.0 Å². The molecular formula is C33H31Br2NO6. The van der Waals surface area contributed by atoms with Gasteiger partial charge >= 0.3 is 11.9 Å². The first kappa shape index (κ1) is 31.1. The Morgan fingerprint density at radius 1 is 0.881 bits per heavy atom. The molecule has 0 aliphatic carbocycles. The smallest absolute Gasteiger partial charge is 0.335 e. The Balaban J connectivity index is 1.92. The van der Waals surface area contributed by atoms with Crippen LogP contribution in [-0.4, -0.2) is 29.3 Å². The summed E-state index contributed by atoms with van der Waals surface area (Å²) in [6.07, 6.45) is -0.127. The molecule has 0 aliphatic rings. The Hall–Kier alpha value is -3.82. The van der Waals surface area contributed by atoms with Crippen molar-refractivity contribution < 1.29 is 29.3 Å². The third-order valence-corrected chi connectivity index (χ3v) is 7.89. The molecule has 1 unspecified atom stereocenters. The van der Waals surface area contributed by atoms with Crippen molar-refractivity contribution in [3.8, 4) is 17.2 Å². The van der Waals surface area contributed by atoms with Gasteiger partial charge in [-0.3, -0.25) is 4.79 Å². The molecule has 4 aromatic rings. The van der Waals surface area contributed by atoms with Gasteiger partial charge in [-0.25, -0.2) is 4.79 Å². The molecule has 0 saturated heterocycles. The Kier molecular flexibility index (Phi) is 9.96. The van der Waals surface area contributed by atoms with Crippen LogP contribution in [0.5, 0.6) is 17.2 Å². The van der Waals surface area contributed by atoms with Crippen molar-refractivity contribution in [2.45, 2.75) is 39.2 Å². The lowest BCUT2D eigenvalue weighted by Crippen LogP contribution is -2.15. The van der Waals surface area contributed by atoms with Crippen molar-refractivity contribution in [1.82, 2.24) is 0 Å². The minimum atomic E-state index is -1.02. The molecule has 42 heavy (non-hydrogen) atoms. The van der Waals surface area contributed by atoms with Crippen molar-refractivity contribution in [2.75, 3.05) is 12.4 Å². The first-order valence-electron chi connectivity index (χ1n) is 13.2. The van der Waals surface area contributed by atoms with E-state index in [1.165, 1.54) is 0 Å². The highest BCUT2D eigenvalue weighted by molar-refractivity contribution is 9.11. The van der Waals surface area contributed by atoms with Gasteiger partial charge in [0, 0.05) is 16.8 Å². The molecule has 0 saturated carbocycles. The van der Waals surface area contributed by atoms with Crippen LogP contribution < -0.4 is 14.8 Å². The molecule has 4 aromatic carbocycles. The monoisotopic (exact) mass is 695 g/mol. The number of rotatable bonds is 11. The van der Waals surface area contributed by atoms with E-state index in [0.29, 0.717) is 37.4 Å². The maximum Gasteiger partial charge on any atom is 0.335 e. The summed E-state index contributed by atoms with van der Waals surface area (Å²) in [6.45, 7) is 6.15. The second-order valence-corrected chi connectivity index (χ2v) is 11.9. The zero-order valence-electron chi connectivity index (χ0n) is 23.6. The lowest BCUT2D eigenvalue weighted by molar-refractivity contribution is -0.136. The number of benzene rings is 4. The van der Waals surface area contributed by atoms with Gasteiger partial charge in [-0.2, -0.15) is 0 Å². The minimum Gasteiger partial charge on any atom is -0.496 e. The predicted molar refractivity (Wildman–Crippen MR) is 170 cm³/mol. The van der Waals surface area contributed by atoms with E-state index in [9.17, 15) is 19.8 Å². The molecule has 0 spiro atoms. The van der Waals surface area contributed by atoms with Gasteiger partial charge in [-0.1, -0.05) is 49.7 Å². The number of aliphatic carboxylic acids is 1. The fourth-order valence-electron chi connectivity index (χ4n) is 4.73. The standard InChI is InChI=1S/C33H31Br2NO6/c1-18(2)24-16-29(42-32-26(34)12-20(13-27(32)35)14-30(37)38)25(17-28(24)41-4)31(21-8-5-7-19(3)11-21)36-23-10-6-9-22(15-23)33(39)40/h5-13,15-18,31,36H,14H2,1-4H3,(H,37,38)(H,39,40). The lowest BCUT2D eigenvalue weighted by atomic mass is 9.92. The number of methoxy groups -OCH3 is 1. The highest BCUT2D eigenvalue weighted by Gasteiger charge is 2.25. The number of halogens is 2. The normalized spacial score (nSPS) is 11.7. The summed E-state index contributed by atoms with van der Waals surface area (Å²) in [6, 6.07) is 21.6. The van der Waals surface area contributed by atoms with E-state index in [2.05, 4.69) is 57.1 Å². The second-order valence-electron chi connectivity index (χ2n) is 10.2. The number of carboxylic acids is 2. The quantitative estimate of drug-likeness (QED) is 0.144. The van der Waals surface area contributed by atoms with Gasteiger partial charge in [-0.15, -0.1) is 0 Å². The van der Waals surface area contributed by atoms with Gasteiger partial charge in [0.15, 0.2) is 5.75 Å². The lowest BCUT2D eigenvalue weighted by Gasteiger charge is -2.26. The number of carboxylic acid groups (broad SMARTS) is 2. The molecule has 9 heteroatoms. The highest BCUT2D eigenvalue weighted by atomic mass is 79.9. The Labute approximate surface area is 261 Å². The van der Waals surface area contributed by atoms with Gasteiger partial charge in [0.05, 0.1) is 34.1 Å². The predicted octanol–water partition coefficient (Wildman–Crippen LogP) is 8.97. The Bertz CT molecular complexity index is 1610. The summed E-state index contributed by atoms with van der Waals surface area (Å²) in [5.41, 5.74) is 5.12. The number of hydrogen-bond acceptors (Lipinski definition) is 5. The molecule has 0 aromatic heterocycles. The van der Waals surface area contributed by atoms with E-state index in [-0.39, 0.29) is 17.9 Å². The molecule has 0 amide bonds. The van der Waals surface area contributed by atoms with Gasteiger partial charge in [0.2, 0.25) is 0 Å². The van der Waals surface area contributed by atoms with E-state index in [0.717, 1.165) is 22.3 Å². The molecule has 0 aliphatic heterocycles. The van der Waals surface area contributed by atoms with E-state index in [1.54, 1.807) is 37.4 Å². The average Bonchev–Trinajstić information content (AvgIpc) is 2.93. The minimum absolute atomic E-state index is 0.124. The molecule has 218 valence electrons. The van der Waals surface area contributed by atoms with Crippen LogP contribution in [0, 0.1) is 6.92 Å². The third kappa shape index (κ3) is 7.33. The summed E-state index contributed by atoms with van der Waals surface area (Å²) in [4.78, 5) is 23.0. The zero-order chi connectivity index (χ0) is 30.6. The van der Waals surface area contributed by atoms with Crippen molar-refractivity contribution in [2.24, 2.45) is 0 Å². The molecule has 7 nitrogen and oxygen atoms in total. The first-order chi connectivity index (χ1) is 20.0. The van der Waals surface area contributed by atoms with Crippen LogP contribution in [0.4, 0.5) is 5.69 Å². The number of aromatic carboxylic acids is 1. The van der Waals surface area contributed by atoms with Crippen molar-refractivity contribution in [1.29, 1.82) is 0 Å². The molecule has 0 heterocycles. The summed E-state index contributed by atoms with van der Waals surface area (Å²) in [5.74, 6) is -0.0828. The molecule has 0 radical (unpaired) electrons. The largest absolute Gasteiger partial charge is 0.496 e. The van der Waals surface area contributed by atoms with Crippen LogP contribution >= 0.6 is 31.9 Å². The molecule has 4 rings (SSSR count). The molecule has 0 bridgehead atoms. The maximum atomic E-state index is 11.7.